The molecular weight excluding hydrogens is 194 g/mol. The van der Waals surface area contributed by atoms with Crippen LogP contribution in [-0.4, -0.2) is 6.04 Å². The Morgan fingerprint density at radius 3 is 2.56 bits per heavy atom. The Morgan fingerprint density at radius 1 is 1.25 bits per heavy atom. The molecule has 1 N–H and O–H groups in total. The summed E-state index contributed by atoms with van der Waals surface area (Å²) < 4.78 is 0. The van der Waals surface area contributed by atoms with E-state index in [1.165, 1.54) is 30.4 Å². The molecule has 0 aromatic heterocycles. The number of hydrogen-bond acceptors (Lipinski definition) is 1. The fraction of sp³-hybridized carbons (Fsp3) is 0.600. The van der Waals surface area contributed by atoms with E-state index in [0.29, 0.717) is 12.1 Å². The molecule has 0 bridgehead atoms. The van der Waals surface area contributed by atoms with E-state index in [9.17, 15) is 0 Å². The van der Waals surface area contributed by atoms with Crippen molar-refractivity contribution in [1.82, 2.24) is 5.32 Å². The molecule has 0 amide bonds. The van der Waals surface area contributed by atoms with E-state index in [4.69, 9.17) is 0 Å². The van der Waals surface area contributed by atoms with Crippen molar-refractivity contribution >= 4 is 0 Å². The second kappa shape index (κ2) is 6.70. The maximum Gasteiger partial charge on any atom is 0.0294 e. The van der Waals surface area contributed by atoms with Gasteiger partial charge in [-0.25, -0.2) is 0 Å². The van der Waals surface area contributed by atoms with Crippen molar-refractivity contribution in [2.24, 2.45) is 0 Å². The summed E-state index contributed by atoms with van der Waals surface area (Å²) in [6.07, 6.45) is 3.74. The molecule has 16 heavy (non-hydrogen) atoms. The first kappa shape index (κ1) is 13.2. The topological polar surface area (TPSA) is 12.0 Å². The summed E-state index contributed by atoms with van der Waals surface area (Å²) in [5.41, 5.74) is 2.74. The largest absolute Gasteiger partial charge is 0.307 e. The molecule has 0 aliphatic heterocycles. The predicted molar refractivity (Wildman–Crippen MR) is 71.7 cm³/mol. The van der Waals surface area contributed by atoms with Gasteiger partial charge in [-0.3, -0.25) is 0 Å². The van der Waals surface area contributed by atoms with E-state index in [1.807, 2.05) is 0 Å². The molecule has 0 aliphatic rings. The zero-order valence-corrected chi connectivity index (χ0v) is 11.1. The van der Waals surface area contributed by atoms with Crippen LogP contribution in [0.3, 0.4) is 0 Å². The maximum atomic E-state index is 3.71. The zero-order valence-electron chi connectivity index (χ0n) is 11.1. The van der Waals surface area contributed by atoms with Crippen molar-refractivity contribution in [2.75, 3.05) is 0 Å². The Bertz CT molecular complexity index is 306. The molecular formula is C15H25N. The van der Waals surface area contributed by atoms with Gasteiger partial charge in [-0.15, -0.1) is 0 Å². The van der Waals surface area contributed by atoms with Gasteiger partial charge in [0.25, 0.3) is 0 Å². The number of nitrogens with one attached hydrogen (secondary N) is 1. The smallest absolute Gasteiger partial charge is 0.0294 e. The van der Waals surface area contributed by atoms with Crippen molar-refractivity contribution in [3.05, 3.63) is 35.4 Å². The number of hydrogen-bond donors (Lipinski definition) is 1. The van der Waals surface area contributed by atoms with E-state index in [2.05, 4.69) is 57.3 Å². The van der Waals surface area contributed by atoms with E-state index < -0.39 is 0 Å². The molecule has 1 aromatic carbocycles. The van der Waals surface area contributed by atoms with Crippen LogP contribution in [0.2, 0.25) is 0 Å². The van der Waals surface area contributed by atoms with Crippen molar-refractivity contribution in [2.45, 2.75) is 59.0 Å². The monoisotopic (exact) mass is 219 g/mol. The fourth-order valence-electron chi connectivity index (χ4n) is 2.14. The summed E-state index contributed by atoms with van der Waals surface area (Å²) in [5, 5.41) is 3.71. The Hall–Kier alpha value is -0.820. The van der Waals surface area contributed by atoms with E-state index in [-0.39, 0.29) is 0 Å². The van der Waals surface area contributed by atoms with E-state index >= 15 is 0 Å². The highest BCUT2D eigenvalue weighted by molar-refractivity contribution is 5.24. The van der Waals surface area contributed by atoms with Crippen molar-refractivity contribution in [1.29, 1.82) is 0 Å². The Morgan fingerprint density at radius 2 is 2.00 bits per heavy atom. The van der Waals surface area contributed by atoms with Crippen molar-refractivity contribution in [3.63, 3.8) is 0 Å². The average molecular weight is 219 g/mol. The Labute approximate surface area is 100 Å². The van der Waals surface area contributed by atoms with Crippen LogP contribution in [0, 0.1) is 6.92 Å². The lowest BCUT2D eigenvalue weighted by Crippen LogP contribution is -2.30. The summed E-state index contributed by atoms with van der Waals surface area (Å²) in [6, 6.07) is 9.89. The number of rotatable bonds is 6. The highest BCUT2D eigenvalue weighted by Gasteiger charge is 2.10. The molecule has 1 heteroatoms. The first-order chi connectivity index (χ1) is 7.67. The summed E-state index contributed by atoms with van der Waals surface area (Å²) in [6.45, 7) is 8.92. The second-order valence-corrected chi connectivity index (χ2v) is 4.70. The van der Waals surface area contributed by atoms with Crippen LogP contribution in [-0.2, 0) is 0 Å². The quantitative estimate of drug-likeness (QED) is 0.755. The third kappa shape index (κ3) is 3.97. The van der Waals surface area contributed by atoms with E-state index in [0.717, 1.165) is 0 Å². The van der Waals surface area contributed by atoms with Crippen molar-refractivity contribution in [3.8, 4) is 0 Å². The fourth-order valence-corrected chi connectivity index (χ4v) is 2.14. The summed E-state index contributed by atoms with van der Waals surface area (Å²) in [7, 11) is 0. The molecule has 0 radical (unpaired) electrons. The van der Waals surface area contributed by atoms with Gasteiger partial charge in [0.15, 0.2) is 0 Å². The summed E-state index contributed by atoms with van der Waals surface area (Å²) in [5.74, 6) is 0. The molecule has 0 saturated heterocycles. The standard InChI is InChI=1S/C15H25N/c1-5-8-15(6-2)16-13(4)14-10-7-9-12(3)11-14/h7,9-11,13,15-16H,5-6,8H2,1-4H3. The van der Waals surface area contributed by atoms with Crippen LogP contribution in [0.15, 0.2) is 24.3 Å². The summed E-state index contributed by atoms with van der Waals surface area (Å²) in [4.78, 5) is 0. The maximum absolute atomic E-state index is 3.71. The molecule has 0 saturated carbocycles. The third-order valence-corrected chi connectivity index (χ3v) is 3.16. The molecule has 0 fully saturated rings. The van der Waals surface area contributed by atoms with Gasteiger partial charge in [0.1, 0.15) is 0 Å². The molecule has 1 rings (SSSR count). The molecule has 2 unspecified atom stereocenters. The van der Waals surface area contributed by atoms with Crippen LogP contribution in [0.1, 0.15) is 57.2 Å². The first-order valence-electron chi connectivity index (χ1n) is 6.50. The van der Waals surface area contributed by atoms with E-state index in [1.54, 1.807) is 0 Å². The third-order valence-electron chi connectivity index (χ3n) is 3.16. The van der Waals surface area contributed by atoms with Crippen LogP contribution < -0.4 is 5.32 Å². The highest BCUT2D eigenvalue weighted by atomic mass is 14.9. The van der Waals surface area contributed by atoms with Gasteiger partial charge in [0, 0.05) is 12.1 Å². The molecule has 1 nitrogen and oxygen atoms in total. The Balaban J connectivity index is 2.60. The Kier molecular flexibility index (Phi) is 5.54. The minimum absolute atomic E-state index is 0.455. The molecule has 0 aliphatic carbocycles. The lowest BCUT2D eigenvalue weighted by Gasteiger charge is -2.22. The first-order valence-corrected chi connectivity index (χ1v) is 6.50. The predicted octanol–water partition coefficient (Wildman–Crippen LogP) is 4.22. The van der Waals surface area contributed by atoms with Crippen LogP contribution in [0.4, 0.5) is 0 Å². The van der Waals surface area contributed by atoms with Crippen LogP contribution in [0.5, 0.6) is 0 Å². The molecule has 2 atom stereocenters. The van der Waals surface area contributed by atoms with Gasteiger partial charge in [-0.2, -0.15) is 0 Å². The van der Waals surface area contributed by atoms with Gasteiger partial charge in [-0.05, 0) is 32.3 Å². The lowest BCUT2D eigenvalue weighted by atomic mass is 10.0. The normalized spacial score (nSPS) is 14.8. The number of benzene rings is 1. The summed E-state index contributed by atoms with van der Waals surface area (Å²) >= 11 is 0. The minimum atomic E-state index is 0.455. The van der Waals surface area contributed by atoms with Crippen LogP contribution in [0.25, 0.3) is 0 Å². The van der Waals surface area contributed by atoms with Gasteiger partial charge < -0.3 is 5.32 Å². The molecule has 0 heterocycles. The van der Waals surface area contributed by atoms with Crippen molar-refractivity contribution < 1.29 is 0 Å². The van der Waals surface area contributed by atoms with Gasteiger partial charge in [0.2, 0.25) is 0 Å². The second-order valence-electron chi connectivity index (χ2n) is 4.70. The van der Waals surface area contributed by atoms with Gasteiger partial charge in [0.05, 0.1) is 0 Å². The van der Waals surface area contributed by atoms with Gasteiger partial charge >= 0.3 is 0 Å². The zero-order chi connectivity index (χ0) is 12.0. The SMILES string of the molecule is CCCC(CC)NC(C)c1cccc(C)c1. The van der Waals surface area contributed by atoms with Crippen LogP contribution >= 0.6 is 0 Å². The minimum Gasteiger partial charge on any atom is -0.307 e. The highest BCUT2D eigenvalue weighted by Crippen LogP contribution is 2.16. The molecule has 1 aromatic rings. The van der Waals surface area contributed by atoms with Gasteiger partial charge in [-0.1, -0.05) is 50.1 Å². The molecule has 0 spiro atoms. The number of aryl methyl sites for hydroxylation is 1. The lowest BCUT2D eigenvalue weighted by molar-refractivity contribution is 0.417. The average Bonchev–Trinajstić information content (AvgIpc) is 2.28. The molecule has 90 valence electrons.